The van der Waals surface area contributed by atoms with Gasteiger partial charge in [-0.2, -0.15) is 0 Å². The van der Waals surface area contributed by atoms with Crippen LogP contribution in [0.15, 0.2) is 47.6 Å². The smallest absolute Gasteiger partial charge is 0.234 e. The van der Waals surface area contributed by atoms with E-state index in [1.807, 2.05) is 50.2 Å². The minimum atomic E-state index is -0.0349. The van der Waals surface area contributed by atoms with Gasteiger partial charge in [-0.3, -0.25) is 4.79 Å². The lowest BCUT2D eigenvalue weighted by atomic mass is 10.1. The molecule has 0 atom stereocenters. The van der Waals surface area contributed by atoms with E-state index in [9.17, 15) is 4.79 Å². The van der Waals surface area contributed by atoms with Crippen molar-refractivity contribution in [3.63, 3.8) is 0 Å². The van der Waals surface area contributed by atoms with Crippen LogP contribution in [0.5, 0.6) is 0 Å². The number of thioether (sulfide) groups is 1. The van der Waals surface area contributed by atoms with E-state index in [0.717, 1.165) is 27.4 Å². The van der Waals surface area contributed by atoms with Gasteiger partial charge in [0.25, 0.3) is 0 Å². The third-order valence-corrected chi connectivity index (χ3v) is 5.10. The van der Waals surface area contributed by atoms with Gasteiger partial charge in [-0.05, 0) is 37.6 Å². The van der Waals surface area contributed by atoms with E-state index in [2.05, 4.69) is 20.9 Å². The molecule has 0 unspecified atom stereocenters. The maximum absolute atomic E-state index is 12.4. The fraction of sp³-hybridized carbons (Fsp3) is 0.300. The molecular weight excluding hydrogens is 346 g/mol. The van der Waals surface area contributed by atoms with Crippen LogP contribution in [0.1, 0.15) is 11.1 Å². The van der Waals surface area contributed by atoms with Gasteiger partial charge in [-0.15, -0.1) is 0 Å². The van der Waals surface area contributed by atoms with Crippen LogP contribution in [0.2, 0.25) is 0 Å². The van der Waals surface area contributed by atoms with Crippen molar-refractivity contribution in [1.29, 1.82) is 0 Å². The van der Waals surface area contributed by atoms with Crippen molar-refractivity contribution in [2.45, 2.75) is 25.5 Å². The fourth-order valence-electron chi connectivity index (χ4n) is 2.83. The number of ether oxygens (including phenoxy) is 1. The lowest BCUT2D eigenvalue weighted by Crippen LogP contribution is -2.15. The second-order valence-electron chi connectivity index (χ2n) is 6.18. The topological polar surface area (TPSA) is 56.1 Å². The maximum Gasteiger partial charge on any atom is 0.234 e. The predicted octanol–water partition coefficient (Wildman–Crippen LogP) is 4.03. The molecule has 0 saturated carbocycles. The van der Waals surface area contributed by atoms with Crippen LogP contribution in [-0.2, 0) is 16.1 Å². The van der Waals surface area contributed by atoms with Crippen molar-refractivity contribution in [3.8, 4) is 0 Å². The number of nitrogens with one attached hydrogen (secondary N) is 1. The van der Waals surface area contributed by atoms with Crippen molar-refractivity contribution in [2.24, 2.45) is 0 Å². The zero-order valence-corrected chi connectivity index (χ0v) is 16.1. The Labute approximate surface area is 157 Å². The van der Waals surface area contributed by atoms with Gasteiger partial charge in [0.1, 0.15) is 0 Å². The molecule has 1 aromatic heterocycles. The number of methoxy groups -OCH3 is 1. The number of aryl methyl sites for hydroxylation is 2. The number of amides is 1. The molecule has 1 amide bonds. The van der Waals surface area contributed by atoms with E-state index in [4.69, 9.17) is 4.74 Å². The average Bonchev–Trinajstić information content (AvgIpc) is 2.98. The molecule has 0 saturated heterocycles. The molecule has 5 nitrogen and oxygen atoms in total. The number of benzene rings is 2. The van der Waals surface area contributed by atoms with Crippen LogP contribution >= 0.6 is 11.8 Å². The van der Waals surface area contributed by atoms with E-state index < -0.39 is 0 Å². The van der Waals surface area contributed by atoms with Crippen LogP contribution in [0.4, 0.5) is 5.69 Å². The molecule has 0 fully saturated rings. The van der Waals surface area contributed by atoms with Crippen LogP contribution in [-0.4, -0.2) is 34.9 Å². The Morgan fingerprint density at radius 2 is 2.04 bits per heavy atom. The summed E-state index contributed by atoms with van der Waals surface area (Å²) in [4.78, 5) is 17.0. The Hall–Kier alpha value is -2.31. The Balaban J connectivity index is 1.71. The maximum atomic E-state index is 12.4. The van der Waals surface area contributed by atoms with Crippen molar-refractivity contribution in [3.05, 3.63) is 53.6 Å². The summed E-state index contributed by atoms with van der Waals surface area (Å²) in [7, 11) is 1.68. The number of hydrogen-bond donors (Lipinski definition) is 1. The average molecular weight is 369 g/mol. The first kappa shape index (κ1) is 18.5. The first-order valence-electron chi connectivity index (χ1n) is 8.52. The highest BCUT2D eigenvalue weighted by molar-refractivity contribution is 7.99. The number of nitrogens with zero attached hydrogens (tertiary/aromatic N) is 2. The van der Waals surface area contributed by atoms with Gasteiger partial charge < -0.3 is 14.6 Å². The number of aromatic nitrogens is 2. The fourth-order valence-corrected chi connectivity index (χ4v) is 3.67. The van der Waals surface area contributed by atoms with Gasteiger partial charge in [0, 0.05) is 19.3 Å². The largest absolute Gasteiger partial charge is 0.383 e. The molecular formula is C20H23N3O2S. The molecule has 136 valence electrons. The number of para-hydroxylation sites is 2. The summed E-state index contributed by atoms with van der Waals surface area (Å²) in [5.41, 5.74) is 5.09. The number of fused-ring (bicyclic) bond motifs is 1. The molecule has 0 aliphatic carbocycles. The van der Waals surface area contributed by atoms with Crippen LogP contribution < -0.4 is 5.32 Å². The van der Waals surface area contributed by atoms with E-state index in [0.29, 0.717) is 18.9 Å². The van der Waals surface area contributed by atoms with E-state index in [1.165, 1.54) is 17.3 Å². The molecule has 3 rings (SSSR count). The number of rotatable bonds is 7. The van der Waals surface area contributed by atoms with Crippen molar-refractivity contribution < 1.29 is 9.53 Å². The second-order valence-corrected chi connectivity index (χ2v) is 7.13. The van der Waals surface area contributed by atoms with Gasteiger partial charge in [0.05, 0.1) is 23.4 Å². The first-order valence-corrected chi connectivity index (χ1v) is 9.51. The number of carbonyl (C=O) groups is 1. The summed E-state index contributed by atoms with van der Waals surface area (Å²) in [5, 5.41) is 3.82. The summed E-state index contributed by atoms with van der Waals surface area (Å²) in [5.74, 6) is 0.274. The van der Waals surface area contributed by atoms with Gasteiger partial charge >= 0.3 is 0 Å². The third-order valence-electron chi connectivity index (χ3n) is 4.13. The number of carbonyl (C=O) groups excluding carboxylic acids is 1. The minimum absolute atomic E-state index is 0.0349. The Morgan fingerprint density at radius 1 is 1.23 bits per heavy atom. The Morgan fingerprint density at radius 3 is 2.81 bits per heavy atom. The Bertz CT molecular complexity index is 921. The summed E-state index contributed by atoms with van der Waals surface area (Å²) in [6, 6.07) is 14.0. The van der Waals surface area contributed by atoms with Crippen molar-refractivity contribution in [1.82, 2.24) is 9.55 Å². The number of anilines is 1. The van der Waals surface area contributed by atoms with Gasteiger partial charge in [-0.25, -0.2) is 4.98 Å². The predicted molar refractivity (Wildman–Crippen MR) is 107 cm³/mol. The highest BCUT2D eigenvalue weighted by Gasteiger charge is 2.13. The van der Waals surface area contributed by atoms with E-state index in [-0.39, 0.29) is 5.91 Å². The SMILES string of the molecule is COCCn1c(SCC(=O)Nc2ccc(C)cc2C)nc2ccccc21. The molecule has 1 heterocycles. The van der Waals surface area contributed by atoms with Crippen LogP contribution in [0.25, 0.3) is 11.0 Å². The first-order chi connectivity index (χ1) is 12.6. The quantitative estimate of drug-likeness (QED) is 0.639. The zero-order valence-electron chi connectivity index (χ0n) is 15.3. The monoisotopic (exact) mass is 369 g/mol. The lowest BCUT2D eigenvalue weighted by molar-refractivity contribution is -0.113. The van der Waals surface area contributed by atoms with Crippen molar-refractivity contribution in [2.75, 3.05) is 24.8 Å². The van der Waals surface area contributed by atoms with Crippen molar-refractivity contribution >= 4 is 34.4 Å². The molecule has 0 aliphatic rings. The summed E-state index contributed by atoms with van der Waals surface area (Å²) >= 11 is 1.44. The zero-order chi connectivity index (χ0) is 18.5. The van der Waals surface area contributed by atoms with Crippen LogP contribution in [0.3, 0.4) is 0 Å². The van der Waals surface area contributed by atoms with Crippen LogP contribution in [0, 0.1) is 13.8 Å². The molecule has 2 aromatic carbocycles. The summed E-state index contributed by atoms with van der Waals surface area (Å²) in [6.07, 6.45) is 0. The number of imidazole rings is 1. The van der Waals surface area contributed by atoms with Gasteiger partial charge in [-0.1, -0.05) is 41.6 Å². The van der Waals surface area contributed by atoms with Gasteiger partial charge in [0.2, 0.25) is 5.91 Å². The molecule has 0 spiro atoms. The summed E-state index contributed by atoms with van der Waals surface area (Å²) in [6.45, 7) is 5.35. The second kappa shape index (κ2) is 8.38. The summed E-state index contributed by atoms with van der Waals surface area (Å²) < 4.78 is 7.31. The van der Waals surface area contributed by atoms with E-state index >= 15 is 0 Å². The minimum Gasteiger partial charge on any atom is -0.383 e. The highest BCUT2D eigenvalue weighted by Crippen LogP contribution is 2.24. The molecule has 1 N–H and O–H groups in total. The molecule has 0 aliphatic heterocycles. The molecule has 3 aromatic rings. The normalized spacial score (nSPS) is 11.0. The standard InChI is InChI=1S/C20H23N3O2S/c1-14-8-9-16(15(2)12-14)21-19(24)13-26-20-22-17-6-4-5-7-18(17)23(20)10-11-25-3/h4-9,12H,10-11,13H2,1-3H3,(H,21,24). The molecule has 0 bridgehead atoms. The van der Waals surface area contributed by atoms with E-state index in [1.54, 1.807) is 7.11 Å². The molecule has 6 heteroatoms. The Kier molecular flexibility index (Phi) is 5.96. The highest BCUT2D eigenvalue weighted by atomic mass is 32.2. The molecule has 26 heavy (non-hydrogen) atoms. The third kappa shape index (κ3) is 4.26. The lowest BCUT2D eigenvalue weighted by Gasteiger charge is -2.10. The molecule has 0 radical (unpaired) electrons. The number of hydrogen-bond acceptors (Lipinski definition) is 4. The van der Waals surface area contributed by atoms with Gasteiger partial charge in [0.15, 0.2) is 5.16 Å².